The number of rotatable bonds is 5. The fourth-order valence-electron chi connectivity index (χ4n) is 3.41. The van der Waals surface area contributed by atoms with E-state index in [0.717, 1.165) is 28.6 Å². The minimum Gasteiger partial charge on any atom is -0.385 e. The summed E-state index contributed by atoms with van der Waals surface area (Å²) in [5.41, 5.74) is 2.56. The van der Waals surface area contributed by atoms with Crippen LogP contribution in [0.4, 0.5) is 0 Å². The molecule has 2 aromatic rings. The Morgan fingerprint density at radius 1 is 1.00 bits per heavy atom. The third-order valence-electron chi connectivity index (χ3n) is 5.06. The fourth-order valence-corrected chi connectivity index (χ4v) is 3.92. The Hall–Kier alpha value is -1.16. The Morgan fingerprint density at radius 2 is 1.67 bits per heavy atom. The van der Waals surface area contributed by atoms with Gasteiger partial charge in [0, 0.05) is 11.0 Å². The van der Waals surface area contributed by atoms with E-state index in [2.05, 4.69) is 57.2 Å². The van der Waals surface area contributed by atoms with E-state index in [4.69, 9.17) is 0 Å². The van der Waals surface area contributed by atoms with Gasteiger partial charge in [-0.15, -0.1) is 0 Å². The Bertz CT molecular complexity index is 660. The van der Waals surface area contributed by atoms with Crippen LogP contribution in [0, 0.1) is 0 Å². The lowest BCUT2D eigenvalue weighted by Gasteiger charge is -2.31. The lowest BCUT2D eigenvalue weighted by atomic mass is 9.90. The quantitative estimate of drug-likeness (QED) is 0.761. The molecule has 1 saturated heterocycles. The van der Waals surface area contributed by atoms with Crippen molar-refractivity contribution in [1.29, 1.82) is 0 Å². The predicted molar refractivity (Wildman–Crippen MR) is 104 cm³/mol. The van der Waals surface area contributed by atoms with Gasteiger partial charge in [0.1, 0.15) is 0 Å². The van der Waals surface area contributed by atoms with E-state index in [1.165, 1.54) is 37.9 Å². The van der Waals surface area contributed by atoms with Crippen molar-refractivity contribution in [3.05, 3.63) is 58.6 Å². The van der Waals surface area contributed by atoms with Crippen molar-refractivity contribution in [3.63, 3.8) is 0 Å². The van der Waals surface area contributed by atoms with Crippen LogP contribution in [0.15, 0.2) is 53.0 Å². The van der Waals surface area contributed by atoms with Gasteiger partial charge in [-0.2, -0.15) is 0 Å². The number of piperidine rings is 1. The number of aliphatic hydroxyl groups is 1. The van der Waals surface area contributed by atoms with Crippen LogP contribution in [0.25, 0.3) is 11.1 Å². The molecule has 2 nitrogen and oxygen atoms in total. The summed E-state index contributed by atoms with van der Waals surface area (Å²) in [6.45, 7) is 5.26. The highest BCUT2D eigenvalue weighted by Crippen LogP contribution is 2.31. The summed E-state index contributed by atoms with van der Waals surface area (Å²) in [5.74, 6) is 0. The van der Waals surface area contributed by atoms with Crippen LogP contribution in [-0.4, -0.2) is 29.6 Å². The molecule has 1 heterocycles. The highest BCUT2D eigenvalue weighted by Gasteiger charge is 2.24. The normalized spacial score (nSPS) is 18.3. The summed E-state index contributed by atoms with van der Waals surface area (Å²) in [6.07, 6.45) is 4.72. The molecule has 1 aliphatic heterocycles. The first-order chi connectivity index (χ1) is 11.6. The first kappa shape index (κ1) is 17.7. The number of nitrogens with zero attached hydrogens (tertiary/aromatic N) is 1. The molecule has 0 amide bonds. The first-order valence-electron chi connectivity index (χ1n) is 8.86. The summed E-state index contributed by atoms with van der Waals surface area (Å²) in [5, 5.41) is 10.9. The lowest BCUT2D eigenvalue weighted by Crippen LogP contribution is -2.34. The number of hydrogen-bond acceptors (Lipinski definition) is 2. The maximum absolute atomic E-state index is 10.9. The maximum Gasteiger partial charge on any atom is 0.0880 e. The smallest absolute Gasteiger partial charge is 0.0880 e. The molecule has 1 fully saturated rings. The molecule has 0 aromatic heterocycles. The first-order valence-corrected chi connectivity index (χ1v) is 9.66. The third-order valence-corrected chi connectivity index (χ3v) is 5.75. The van der Waals surface area contributed by atoms with Crippen LogP contribution in [-0.2, 0) is 5.60 Å². The van der Waals surface area contributed by atoms with Gasteiger partial charge in [-0.05, 0) is 62.0 Å². The highest BCUT2D eigenvalue weighted by atomic mass is 79.9. The summed E-state index contributed by atoms with van der Waals surface area (Å²) in [7, 11) is 0. The van der Waals surface area contributed by atoms with E-state index in [0.29, 0.717) is 0 Å². The van der Waals surface area contributed by atoms with E-state index in [1.807, 2.05) is 19.1 Å². The molecule has 1 aliphatic rings. The molecule has 3 rings (SSSR count). The van der Waals surface area contributed by atoms with E-state index < -0.39 is 5.60 Å². The van der Waals surface area contributed by atoms with Crippen molar-refractivity contribution < 1.29 is 5.11 Å². The Morgan fingerprint density at radius 3 is 2.33 bits per heavy atom. The largest absolute Gasteiger partial charge is 0.385 e. The van der Waals surface area contributed by atoms with E-state index >= 15 is 0 Å². The van der Waals surface area contributed by atoms with Crippen LogP contribution in [0.1, 0.15) is 38.2 Å². The number of benzene rings is 2. The van der Waals surface area contributed by atoms with Crippen LogP contribution < -0.4 is 0 Å². The van der Waals surface area contributed by atoms with Gasteiger partial charge in [0.15, 0.2) is 0 Å². The van der Waals surface area contributed by atoms with Crippen molar-refractivity contribution in [2.45, 2.75) is 38.2 Å². The number of hydrogen-bond donors (Lipinski definition) is 1. The lowest BCUT2D eigenvalue weighted by molar-refractivity contribution is 0.0337. The van der Waals surface area contributed by atoms with Gasteiger partial charge in [0.2, 0.25) is 0 Å². The fraction of sp³-hybridized carbons (Fsp3) is 0.429. The van der Waals surface area contributed by atoms with Crippen molar-refractivity contribution in [2.75, 3.05) is 19.6 Å². The molecule has 0 spiro atoms. The zero-order valence-electron chi connectivity index (χ0n) is 14.3. The number of halogens is 1. The third kappa shape index (κ3) is 4.27. The van der Waals surface area contributed by atoms with Crippen molar-refractivity contribution in [2.24, 2.45) is 0 Å². The SMILES string of the molecule is CC(O)(CCN1CCCCC1)c1ccc(-c2ccccc2Br)cc1. The van der Waals surface area contributed by atoms with Gasteiger partial charge in [-0.25, -0.2) is 0 Å². The van der Waals surface area contributed by atoms with Gasteiger partial charge in [-0.3, -0.25) is 0 Å². The molecule has 0 bridgehead atoms. The second-order valence-corrected chi connectivity index (χ2v) is 7.84. The Labute approximate surface area is 153 Å². The molecule has 1 unspecified atom stereocenters. The van der Waals surface area contributed by atoms with Gasteiger partial charge in [-0.1, -0.05) is 64.8 Å². The topological polar surface area (TPSA) is 23.5 Å². The van der Waals surface area contributed by atoms with Gasteiger partial charge >= 0.3 is 0 Å². The summed E-state index contributed by atoms with van der Waals surface area (Å²) in [4.78, 5) is 2.48. The summed E-state index contributed by atoms with van der Waals surface area (Å²) >= 11 is 3.61. The summed E-state index contributed by atoms with van der Waals surface area (Å²) < 4.78 is 1.09. The van der Waals surface area contributed by atoms with Gasteiger partial charge in [0.25, 0.3) is 0 Å². The Balaban J connectivity index is 1.68. The van der Waals surface area contributed by atoms with Crippen LogP contribution in [0.2, 0.25) is 0 Å². The molecular weight excluding hydrogens is 362 g/mol. The Kier molecular flexibility index (Phi) is 5.75. The van der Waals surface area contributed by atoms with Crippen LogP contribution >= 0.6 is 15.9 Å². The van der Waals surface area contributed by atoms with Gasteiger partial charge in [0.05, 0.1) is 5.60 Å². The molecule has 2 aromatic carbocycles. The van der Waals surface area contributed by atoms with Crippen LogP contribution in [0.5, 0.6) is 0 Å². The average Bonchev–Trinajstić information content (AvgIpc) is 2.62. The van der Waals surface area contributed by atoms with E-state index in [1.54, 1.807) is 0 Å². The average molecular weight is 388 g/mol. The minimum absolute atomic E-state index is 0.774. The standard InChI is InChI=1S/C21H26BrNO/c1-21(24,13-16-23-14-5-2-6-15-23)18-11-9-17(10-12-18)19-7-3-4-8-20(19)22/h3-4,7-12,24H,2,5-6,13-16H2,1H3. The zero-order valence-corrected chi connectivity index (χ0v) is 15.9. The van der Waals surface area contributed by atoms with Crippen molar-refractivity contribution in [1.82, 2.24) is 4.90 Å². The predicted octanol–water partition coefficient (Wildman–Crippen LogP) is 5.20. The minimum atomic E-state index is -0.774. The zero-order chi connectivity index (χ0) is 17.0. The van der Waals surface area contributed by atoms with E-state index in [-0.39, 0.29) is 0 Å². The molecule has 0 saturated carbocycles. The summed E-state index contributed by atoms with van der Waals surface area (Å²) in [6, 6.07) is 16.5. The van der Waals surface area contributed by atoms with Crippen molar-refractivity contribution >= 4 is 15.9 Å². The maximum atomic E-state index is 10.9. The van der Waals surface area contributed by atoms with Crippen molar-refractivity contribution in [3.8, 4) is 11.1 Å². The highest BCUT2D eigenvalue weighted by molar-refractivity contribution is 9.10. The monoisotopic (exact) mass is 387 g/mol. The molecular formula is C21H26BrNO. The molecule has 3 heteroatoms. The van der Waals surface area contributed by atoms with Crippen LogP contribution in [0.3, 0.4) is 0 Å². The molecule has 1 atom stereocenters. The molecule has 0 radical (unpaired) electrons. The van der Waals surface area contributed by atoms with Gasteiger partial charge < -0.3 is 10.0 Å². The second-order valence-electron chi connectivity index (χ2n) is 6.98. The molecule has 128 valence electrons. The number of likely N-dealkylation sites (tertiary alicyclic amines) is 1. The molecule has 24 heavy (non-hydrogen) atoms. The molecule has 0 aliphatic carbocycles. The second kappa shape index (κ2) is 7.81. The molecule has 1 N–H and O–H groups in total. The van der Waals surface area contributed by atoms with E-state index in [9.17, 15) is 5.11 Å².